The molecule has 0 aromatic carbocycles. The van der Waals surface area contributed by atoms with Gasteiger partial charge in [-0.1, -0.05) is 0 Å². The number of rotatable bonds is 0. The van der Waals surface area contributed by atoms with Gasteiger partial charge in [-0.25, -0.2) is 0 Å². The fourth-order valence-corrected chi connectivity index (χ4v) is 0. The van der Waals surface area contributed by atoms with E-state index >= 15 is 0 Å². The van der Waals surface area contributed by atoms with E-state index in [9.17, 15) is 5.11 Å². The smallest absolute Gasteiger partial charge is 0.278 e. The maximum absolute atomic E-state index is 9.40. The van der Waals surface area contributed by atoms with Gasteiger partial charge in [0.15, 0.2) is 0 Å². The summed E-state index contributed by atoms with van der Waals surface area (Å²) in [6.07, 6.45) is 0. The molecule has 0 aliphatic heterocycles. The topological polar surface area (TPSA) is 52.5 Å². The van der Waals surface area contributed by atoms with Gasteiger partial charge in [-0.3, -0.25) is 5.11 Å². The van der Waals surface area contributed by atoms with Gasteiger partial charge in [0.2, 0.25) is 0 Å². The van der Waals surface area contributed by atoms with Crippen LogP contribution in [0.5, 0.6) is 0 Å². The Morgan fingerprint density at radius 1 is 2.00 bits per heavy atom. The standard InChI is InChI=1S/C2H4NO2/c1-2(4)3-5/h5H,1H3/b3-2+. The van der Waals surface area contributed by atoms with Gasteiger partial charge < -0.3 is 5.21 Å². The van der Waals surface area contributed by atoms with Crippen molar-refractivity contribution in [1.29, 1.82) is 0 Å². The van der Waals surface area contributed by atoms with Gasteiger partial charge in [0, 0.05) is 6.92 Å². The van der Waals surface area contributed by atoms with Crippen LogP contribution in [0.2, 0.25) is 0 Å². The average Bonchev–Trinajstić information content (AvgIpc) is 1.38. The van der Waals surface area contributed by atoms with Gasteiger partial charge in [0.05, 0.1) is 0 Å². The predicted octanol–water partition coefficient (Wildman–Crippen LogP) is 0.224. The molecule has 0 heterocycles. The largest absolute Gasteiger partial charge is 0.408 e. The normalized spacial score (nSPS) is 11.8. The Bertz CT molecular complexity index is 45.6. The fraction of sp³-hybridized carbons (Fsp3) is 0.500. The van der Waals surface area contributed by atoms with Crippen LogP contribution in [0.25, 0.3) is 0 Å². The Balaban J connectivity index is 3.14. The molecule has 0 aromatic heterocycles. The first-order valence-electron chi connectivity index (χ1n) is 1.13. The highest BCUT2D eigenvalue weighted by atomic mass is 16.5. The molecule has 0 unspecified atom stereocenters. The highest BCUT2D eigenvalue weighted by molar-refractivity contribution is 5.69. The number of hydrogen-bond acceptors (Lipinski definition) is 2. The second kappa shape index (κ2) is 1.58. The van der Waals surface area contributed by atoms with Crippen molar-refractivity contribution in [2.45, 2.75) is 6.92 Å². The van der Waals surface area contributed by atoms with Gasteiger partial charge >= 0.3 is 0 Å². The molecule has 1 N–H and O–H groups in total. The van der Waals surface area contributed by atoms with E-state index in [0.717, 1.165) is 0 Å². The van der Waals surface area contributed by atoms with Gasteiger partial charge in [-0.05, 0) is 5.16 Å². The average molecular weight is 74.1 g/mol. The molecule has 1 radical (unpaired) electrons. The van der Waals surface area contributed by atoms with Crippen molar-refractivity contribution in [3.8, 4) is 0 Å². The minimum Gasteiger partial charge on any atom is -0.408 e. The summed E-state index contributed by atoms with van der Waals surface area (Å²) >= 11 is 0. The Kier molecular flexibility index (Phi) is 1.35. The lowest BCUT2D eigenvalue weighted by molar-refractivity contribution is 0.286. The predicted molar refractivity (Wildman–Crippen MR) is 15.6 cm³/mol. The van der Waals surface area contributed by atoms with Crippen LogP contribution < -0.4 is 0 Å². The fourth-order valence-electron chi connectivity index (χ4n) is 0. The van der Waals surface area contributed by atoms with E-state index in [1.54, 1.807) is 0 Å². The molecule has 0 bridgehead atoms. The van der Waals surface area contributed by atoms with Gasteiger partial charge in [0.25, 0.3) is 5.90 Å². The SMILES string of the molecule is C/C([O])=N\O. The summed E-state index contributed by atoms with van der Waals surface area (Å²) in [5.41, 5.74) is 0. The quantitative estimate of drug-likeness (QED) is 0.190. The van der Waals surface area contributed by atoms with Gasteiger partial charge in [0.1, 0.15) is 0 Å². The molecule has 3 heteroatoms. The van der Waals surface area contributed by atoms with E-state index in [1.807, 2.05) is 0 Å². The first-order valence-corrected chi connectivity index (χ1v) is 1.13. The molecule has 0 saturated carbocycles. The first kappa shape index (κ1) is 4.27. The second-order valence-corrected chi connectivity index (χ2v) is 0.619. The minimum atomic E-state index is -0.565. The Hall–Kier alpha value is -0.730. The van der Waals surface area contributed by atoms with Crippen LogP contribution >= 0.6 is 0 Å². The van der Waals surface area contributed by atoms with E-state index in [1.165, 1.54) is 6.92 Å². The summed E-state index contributed by atoms with van der Waals surface area (Å²) in [7, 11) is 0. The summed E-state index contributed by atoms with van der Waals surface area (Å²) in [6, 6.07) is 0. The van der Waals surface area contributed by atoms with E-state index < -0.39 is 5.90 Å². The third kappa shape index (κ3) is 3.27. The van der Waals surface area contributed by atoms with Crippen LogP contribution in [-0.4, -0.2) is 11.1 Å². The molecule has 0 aliphatic carbocycles. The number of oxime groups is 1. The van der Waals surface area contributed by atoms with E-state index in [0.29, 0.717) is 0 Å². The van der Waals surface area contributed by atoms with Gasteiger partial charge in [-0.15, -0.1) is 0 Å². The van der Waals surface area contributed by atoms with Crippen LogP contribution in [0, 0.1) is 0 Å². The van der Waals surface area contributed by atoms with Crippen molar-refractivity contribution >= 4 is 5.90 Å². The molecule has 0 atom stereocenters. The molecule has 0 rings (SSSR count). The van der Waals surface area contributed by atoms with Crippen molar-refractivity contribution < 1.29 is 10.3 Å². The lowest BCUT2D eigenvalue weighted by atomic mass is 10.8. The summed E-state index contributed by atoms with van der Waals surface area (Å²) in [4.78, 5) is 0. The molecule has 29 valence electrons. The zero-order valence-electron chi connectivity index (χ0n) is 2.80. The zero-order valence-corrected chi connectivity index (χ0v) is 2.80. The van der Waals surface area contributed by atoms with Crippen LogP contribution in [0.3, 0.4) is 0 Å². The van der Waals surface area contributed by atoms with Crippen molar-refractivity contribution in [2.75, 3.05) is 0 Å². The van der Waals surface area contributed by atoms with E-state index in [4.69, 9.17) is 5.21 Å². The molecular weight excluding hydrogens is 70.0 g/mol. The highest BCUT2D eigenvalue weighted by Crippen LogP contribution is 1.58. The van der Waals surface area contributed by atoms with Crippen LogP contribution in [0.4, 0.5) is 0 Å². The zero-order chi connectivity index (χ0) is 4.28. The third-order valence-corrected chi connectivity index (χ3v) is 0.141. The minimum absolute atomic E-state index is 0.565. The summed E-state index contributed by atoms with van der Waals surface area (Å²) in [5, 5.41) is 19.1. The van der Waals surface area contributed by atoms with Crippen molar-refractivity contribution in [2.24, 2.45) is 5.16 Å². The maximum Gasteiger partial charge on any atom is 0.278 e. The molecule has 0 spiro atoms. The molecule has 0 fully saturated rings. The van der Waals surface area contributed by atoms with E-state index in [2.05, 4.69) is 5.16 Å². The van der Waals surface area contributed by atoms with Crippen LogP contribution in [-0.2, 0) is 5.11 Å². The number of nitrogens with zero attached hydrogens (tertiary/aromatic N) is 1. The second-order valence-electron chi connectivity index (χ2n) is 0.619. The molecule has 0 saturated heterocycles. The summed E-state index contributed by atoms with van der Waals surface area (Å²) in [5.74, 6) is -0.565. The maximum atomic E-state index is 9.40. The van der Waals surface area contributed by atoms with Crippen LogP contribution in [0.15, 0.2) is 5.16 Å². The Morgan fingerprint density at radius 3 is 2.20 bits per heavy atom. The first-order chi connectivity index (χ1) is 2.27. The van der Waals surface area contributed by atoms with Crippen molar-refractivity contribution in [1.82, 2.24) is 0 Å². The van der Waals surface area contributed by atoms with E-state index in [-0.39, 0.29) is 0 Å². The molecule has 0 aromatic rings. The van der Waals surface area contributed by atoms with Crippen molar-refractivity contribution in [3.05, 3.63) is 0 Å². The monoisotopic (exact) mass is 74.0 g/mol. The molecule has 5 heavy (non-hydrogen) atoms. The highest BCUT2D eigenvalue weighted by Gasteiger charge is 1.74. The summed E-state index contributed by atoms with van der Waals surface area (Å²) in [6.45, 7) is 1.17. The Morgan fingerprint density at radius 2 is 2.20 bits per heavy atom. The van der Waals surface area contributed by atoms with Crippen LogP contribution in [0.1, 0.15) is 6.92 Å². The Labute approximate surface area is 29.5 Å². The molecule has 0 aliphatic rings. The number of hydrogen-bond donors (Lipinski definition) is 1. The third-order valence-electron chi connectivity index (χ3n) is 0.141. The lowest BCUT2D eigenvalue weighted by Gasteiger charge is -1.66. The molecular formula is C2H4NO2. The lowest BCUT2D eigenvalue weighted by Crippen LogP contribution is -1.78. The molecule has 3 nitrogen and oxygen atoms in total. The summed E-state index contributed by atoms with van der Waals surface area (Å²) < 4.78 is 0. The molecule has 0 amide bonds. The van der Waals surface area contributed by atoms with Crippen molar-refractivity contribution in [3.63, 3.8) is 0 Å². The van der Waals surface area contributed by atoms with Gasteiger partial charge in [-0.2, -0.15) is 0 Å².